The maximum Gasteiger partial charge on any atom is 0.223 e. The predicted octanol–water partition coefficient (Wildman–Crippen LogP) is 0.631. The van der Waals surface area contributed by atoms with Crippen LogP contribution in [0, 0.1) is 18.3 Å². The molecule has 1 fully saturated rings. The third kappa shape index (κ3) is 3.04. The minimum absolute atomic E-state index is 0.156. The number of aliphatic hydroxyl groups is 1. The third-order valence-corrected chi connectivity index (χ3v) is 2.66. The van der Waals surface area contributed by atoms with Crippen molar-refractivity contribution < 1.29 is 9.90 Å². The van der Waals surface area contributed by atoms with Crippen molar-refractivity contribution in [2.45, 2.75) is 25.7 Å². The van der Waals surface area contributed by atoms with Gasteiger partial charge in [-0.1, -0.05) is 0 Å². The molecular weight excluding hydrogens is 178 g/mol. The molecule has 3 heteroatoms. The first-order valence-electron chi connectivity index (χ1n) is 5.10. The van der Waals surface area contributed by atoms with Crippen LogP contribution in [-0.2, 0) is 4.79 Å². The van der Waals surface area contributed by atoms with E-state index in [1.165, 1.54) is 0 Å². The zero-order valence-electron chi connectivity index (χ0n) is 8.41. The van der Waals surface area contributed by atoms with Crippen LogP contribution in [0.25, 0.3) is 0 Å². The first-order valence-corrected chi connectivity index (χ1v) is 5.10. The second-order valence-electron chi connectivity index (χ2n) is 3.71. The molecule has 1 unspecified atom stereocenters. The average molecular weight is 195 g/mol. The molecule has 3 nitrogen and oxygen atoms in total. The molecule has 0 aromatic carbocycles. The first kappa shape index (κ1) is 11.1. The molecule has 0 aromatic rings. The summed E-state index contributed by atoms with van der Waals surface area (Å²) >= 11 is 0. The van der Waals surface area contributed by atoms with E-state index < -0.39 is 0 Å². The summed E-state index contributed by atoms with van der Waals surface area (Å²) < 4.78 is 0. The van der Waals surface area contributed by atoms with Crippen LogP contribution in [0.15, 0.2) is 0 Å². The lowest BCUT2D eigenvalue weighted by Crippen LogP contribution is -2.28. The Morgan fingerprint density at radius 1 is 1.64 bits per heavy atom. The number of amides is 1. The summed E-state index contributed by atoms with van der Waals surface area (Å²) in [4.78, 5) is 13.4. The Kier molecular flexibility index (Phi) is 4.48. The lowest BCUT2D eigenvalue weighted by molar-refractivity contribution is -0.130. The summed E-state index contributed by atoms with van der Waals surface area (Å²) in [6.07, 6.45) is 7.91. The molecule has 0 radical (unpaired) electrons. The molecule has 0 aromatic heterocycles. The van der Waals surface area contributed by atoms with E-state index >= 15 is 0 Å². The second kappa shape index (κ2) is 5.66. The Morgan fingerprint density at radius 2 is 2.43 bits per heavy atom. The quantitative estimate of drug-likeness (QED) is 0.668. The van der Waals surface area contributed by atoms with Crippen LogP contribution in [0.3, 0.4) is 0 Å². The summed E-state index contributed by atoms with van der Waals surface area (Å²) in [5.41, 5.74) is 0. The molecule has 0 aliphatic carbocycles. The highest BCUT2D eigenvalue weighted by molar-refractivity contribution is 5.76. The topological polar surface area (TPSA) is 40.5 Å². The molecule has 1 aliphatic heterocycles. The molecule has 78 valence electrons. The number of aliphatic hydroxyl groups excluding tert-OH is 1. The number of hydrogen-bond donors (Lipinski definition) is 1. The van der Waals surface area contributed by atoms with E-state index in [0.29, 0.717) is 18.8 Å². The summed E-state index contributed by atoms with van der Waals surface area (Å²) in [5, 5.41) is 8.76. The summed E-state index contributed by atoms with van der Waals surface area (Å²) in [5.74, 6) is 3.11. The van der Waals surface area contributed by atoms with Gasteiger partial charge in [0, 0.05) is 32.5 Å². The first-order chi connectivity index (χ1) is 6.77. The predicted molar refractivity (Wildman–Crippen MR) is 54.5 cm³/mol. The fraction of sp³-hybridized carbons (Fsp3) is 0.727. The van der Waals surface area contributed by atoms with Gasteiger partial charge in [0.05, 0.1) is 0 Å². The zero-order chi connectivity index (χ0) is 10.4. The number of terminal acetylenes is 1. The van der Waals surface area contributed by atoms with Crippen molar-refractivity contribution in [3.63, 3.8) is 0 Å². The van der Waals surface area contributed by atoms with Gasteiger partial charge < -0.3 is 10.0 Å². The molecular formula is C11H17NO2. The van der Waals surface area contributed by atoms with Crippen LogP contribution in [0.1, 0.15) is 25.7 Å². The van der Waals surface area contributed by atoms with E-state index in [1.54, 1.807) is 0 Å². The Hall–Kier alpha value is -1.01. The number of carbonyl (C=O) groups is 1. The number of rotatable bonds is 4. The van der Waals surface area contributed by atoms with Crippen LogP contribution in [0.4, 0.5) is 0 Å². The van der Waals surface area contributed by atoms with Crippen LogP contribution in [-0.4, -0.2) is 35.6 Å². The molecule has 1 atom stereocenters. The second-order valence-corrected chi connectivity index (χ2v) is 3.71. The summed E-state index contributed by atoms with van der Waals surface area (Å²) in [6.45, 7) is 1.84. The minimum Gasteiger partial charge on any atom is -0.396 e. The molecule has 0 spiro atoms. The van der Waals surface area contributed by atoms with Gasteiger partial charge in [0.25, 0.3) is 0 Å². The van der Waals surface area contributed by atoms with Crippen molar-refractivity contribution in [3.8, 4) is 12.3 Å². The van der Waals surface area contributed by atoms with E-state index in [-0.39, 0.29) is 12.5 Å². The summed E-state index contributed by atoms with van der Waals surface area (Å²) in [6, 6.07) is 0. The Morgan fingerprint density at radius 3 is 3.07 bits per heavy atom. The molecule has 14 heavy (non-hydrogen) atoms. The van der Waals surface area contributed by atoms with Crippen molar-refractivity contribution in [1.29, 1.82) is 0 Å². The van der Waals surface area contributed by atoms with E-state index in [4.69, 9.17) is 11.5 Å². The third-order valence-electron chi connectivity index (χ3n) is 2.66. The number of hydrogen-bond acceptors (Lipinski definition) is 2. The Balaban J connectivity index is 2.27. The van der Waals surface area contributed by atoms with Crippen molar-refractivity contribution >= 4 is 5.91 Å². The Labute approximate surface area is 85.1 Å². The standard InChI is InChI=1S/C11H17NO2/c1-2-3-4-11(14)12-7-5-10(9-12)6-8-13/h1,10,13H,3-9H2. The van der Waals surface area contributed by atoms with Gasteiger partial charge in [-0.25, -0.2) is 0 Å². The highest BCUT2D eigenvalue weighted by Gasteiger charge is 2.24. The van der Waals surface area contributed by atoms with Gasteiger partial charge in [-0.2, -0.15) is 0 Å². The smallest absolute Gasteiger partial charge is 0.223 e. The molecule has 1 heterocycles. The zero-order valence-corrected chi connectivity index (χ0v) is 8.41. The maximum atomic E-state index is 11.5. The molecule has 1 saturated heterocycles. The largest absolute Gasteiger partial charge is 0.396 e. The van der Waals surface area contributed by atoms with Gasteiger partial charge in [-0.05, 0) is 18.8 Å². The SMILES string of the molecule is C#CCCC(=O)N1CCC(CCO)C1. The van der Waals surface area contributed by atoms with Gasteiger partial charge in [0.1, 0.15) is 0 Å². The van der Waals surface area contributed by atoms with Crippen molar-refractivity contribution in [1.82, 2.24) is 4.90 Å². The molecule has 1 N–H and O–H groups in total. The van der Waals surface area contributed by atoms with Crippen molar-refractivity contribution in [2.24, 2.45) is 5.92 Å². The molecule has 1 aliphatic rings. The average Bonchev–Trinajstić information content (AvgIpc) is 2.63. The highest BCUT2D eigenvalue weighted by Crippen LogP contribution is 2.19. The van der Waals surface area contributed by atoms with Crippen LogP contribution >= 0.6 is 0 Å². The van der Waals surface area contributed by atoms with Crippen molar-refractivity contribution in [2.75, 3.05) is 19.7 Å². The van der Waals surface area contributed by atoms with Crippen LogP contribution in [0.2, 0.25) is 0 Å². The fourth-order valence-electron chi connectivity index (χ4n) is 1.81. The van der Waals surface area contributed by atoms with Crippen LogP contribution in [0.5, 0.6) is 0 Å². The maximum absolute atomic E-state index is 11.5. The van der Waals surface area contributed by atoms with Gasteiger partial charge in [0.2, 0.25) is 5.91 Å². The molecule has 1 rings (SSSR count). The van der Waals surface area contributed by atoms with E-state index in [2.05, 4.69) is 5.92 Å². The number of likely N-dealkylation sites (tertiary alicyclic amines) is 1. The Bertz CT molecular complexity index is 232. The number of carbonyl (C=O) groups excluding carboxylic acids is 1. The molecule has 0 bridgehead atoms. The lowest BCUT2D eigenvalue weighted by atomic mass is 10.1. The van der Waals surface area contributed by atoms with Crippen molar-refractivity contribution in [3.05, 3.63) is 0 Å². The monoisotopic (exact) mass is 195 g/mol. The summed E-state index contributed by atoms with van der Waals surface area (Å²) in [7, 11) is 0. The van der Waals surface area contributed by atoms with Gasteiger partial charge >= 0.3 is 0 Å². The van der Waals surface area contributed by atoms with Crippen LogP contribution < -0.4 is 0 Å². The van der Waals surface area contributed by atoms with E-state index in [9.17, 15) is 4.79 Å². The molecule has 1 amide bonds. The van der Waals surface area contributed by atoms with Gasteiger partial charge in [0.15, 0.2) is 0 Å². The van der Waals surface area contributed by atoms with Gasteiger partial charge in [-0.15, -0.1) is 12.3 Å². The molecule has 0 saturated carbocycles. The number of nitrogens with zero attached hydrogens (tertiary/aromatic N) is 1. The highest BCUT2D eigenvalue weighted by atomic mass is 16.3. The normalized spacial score (nSPS) is 20.9. The minimum atomic E-state index is 0.156. The van der Waals surface area contributed by atoms with Gasteiger partial charge in [-0.3, -0.25) is 4.79 Å². The lowest BCUT2D eigenvalue weighted by Gasteiger charge is -2.15. The van der Waals surface area contributed by atoms with E-state index in [1.807, 2.05) is 4.90 Å². The fourth-order valence-corrected chi connectivity index (χ4v) is 1.81. The van der Waals surface area contributed by atoms with E-state index in [0.717, 1.165) is 25.9 Å².